The SMILES string of the molecule is COc1ccc(Cl)cc1/C=C/C=N\NC(N)=S. The van der Waals surface area contributed by atoms with Crippen molar-refractivity contribution >= 4 is 41.2 Å². The van der Waals surface area contributed by atoms with E-state index >= 15 is 0 Å². The lowest BCUT2D eigenvalue weighted by molar-refractivity contribution is 0.414. The average molecular weight is 270 g/mol. The number of hydrogen-bond acceptors (Lipinski definition) is 3. The van der Waals surface area contributed by atoms with Gasteiger partial charge in [0.05, 0.1) is 7.11 Å². The molecule has 0 amide bonds. The maximum atomic E-state index is 5.89. The summed E-state index contributed by atoms with van der Waals surface area (Å²) in [5.74, 6) is 0.737. The van der Waals surface area contributed by atoms with Crippen molar-refractivity contribution in [1.82, 2.24) is 5.43 Å². The van der Waals surface area contributed by atoms with Crippen LogP contribution in [0, 0.1) is 0 Å². The van der Waals surface area contributed by atoms with Crippen LogP contribution in [0.5, 0.6) is 5.75 Å². The number of allylic oxidation sites excluding steroid dienone is 1. The predicted molar refractivity (Wildman–Crippen MR) is 75.5 cm³/mol. The third-order valence-corrected chi connectivity index (χ3v) is 2.13. The molecule has 0 unspecified atom stereocenters. The van der Waals surface area contributed by atoms with Crippen LogP contribution < -0.4 is 15.9 Å². The van der Waals surface area contributed by atoms with E-state index in [1.54, 1.807) is 31.4 Å². The normalized spacial score (nSPS) is 10.9. The van der Waals surface area contributed by atoms with Crippen LogP contribution in [0.1, 0.15) is 5.56 Å². The smallest absolute Gasteiger partial charge is 0.184 e. The zero-order chi connectivity index (χ0) is 12.7. The van der Waals surface area contributed by atoms with Gasteiger partial charge in [-0.25, -0.2) is 0 Å². The molecule has 1 aromatic carbocycles. The van der Waals surface area contributed by atoms with E-state index in [-0.39, 0.29) is 5.11 Å². The van der Waals surface area contributed by atoms with E-state index in [4.69, 9.17) is 22.1 Å². The molecular weight excluding hydrogens is 258 g/mol. The average Bonchev–Trinajstić information content (AvgIpc) is 2.28. The largest absolute Gasteiger partial charge is 0.496 e. The zero-order valence-electron chi connectivity index (χ0n) is 9.18. The van der Waals surface area contributed by atoms with Crippen LogP contribution in [0.3, 0.4) is 0 Å². The monoisotopic (exact) mass is 269 g/mol. The molecule has 17 heavy (non-hydrogen) atoms. The molecule has 3 N–H and O–H groups in total. The van der Waals surface area contributed by atoms with Crippen LogP contribution in [0.15, 0.2) is 29.4 Å². The van der Waals surface area contributed by atoms with Gasteiger partial charge in [0, 0.05) is 16.8 Å². The van der Waals surface area contributed by atoms with Gasteiger partial charge in [-0.2, -0.15) is 5.10 Å². The molecule has 0 saturated heterocycles. The molecule has 0 aromatic heterocycles. The maximum Gasteiger partial charge on any atom is 0.184 e. The molecule has 6 heteroatoms. The van der Waals surface area contributed by atoms with Gasteiger partial charge in [0.25, 0.3) is 0 Å². The summed E-state index contributed by atoms with van der Waals surface area (Å²) in [4.78, 5) is 0. The lowest BCUT2D eigenvalue weighted by atomic mass is 10.2. The Bertz CT molecular complexity index is 460. The first-order valence-corrected chi connectivity index (χ1v) is 5.51. The van der Waals surface area contributed by atoms with Crippen LogP contribution in [0.2, 0.25) is 5.02 Å². The minimum Gasteiger partial charge on any atom is -0.496 e. The third-order valence-electron chi connectivity index (χ3n) is 1.80. The fraction of sp³-hybridized carbons (Fsp3) is 0.0909. The summed E-state index contributed by atoms with van der Waals surface area (Å²) in [5.41, 5.74) is 8.50. The second-order valence-electron chi connectivity index (χ2n) is 3.00. The molecule has 0 bridgehead atoms. The topological polar surface area (TPSA) is 59.6 Å². The minimum absolute atomic E-state index is 0.120. The Morgan fingerprint density at radius 2 is 2.35 bits per heavy atom. The molecule has 0 fully saturated rings. The van der Waals surface area contributed by atoms with E-state index in [2.05, 4.69) is 22.7 Å². The van der Waals surface area contributed by atoms with Gasteiger partial charge < -0.3 is 10.5 Å². The quantitative estimate of drug-likeness (QED) is 0.500. The Labute approximate surface area is 110 Å². The number of rotatable bonds is 4. The number of hydrazone groups is 1. The number of hydrogen-bond donors (Lipinski definition) is 2. The van der Waals surface area contributed by atoms with Crippen molar-refractivity contribution in [2.24, 2.45) is 10.8 Å². The van der Waals surface area contributed by atoms with Crippen LogP contribution >= 0.6 is 23.8 Å². The zero-order valence-corrected chi connectivity index (χ0v) is 10.8. The van der Waals surface area contributed by atoms with Gasteiger partial charge in [0.2, 0.25) is 0 Å². The summed E-state index contributed by atoms with van der Waals surface area (Å²) in [6, 6.07) is 5.36. The number of ether oxygens (including phenoxy) is 1. The number of halogens is 1. The van der Waals surface area contributed by atoms with E-state index in [0.29, 0.717) is 5.02 Å². The van der Waals surface area contributed by atoms with Crippen molar-refractivity contribution < 1.29 is 4.74 Å². The molecule has 0 saturated carbocycles. The molecule has 0 heterocycles. The lowest BCUT2D eigenvalue weighted by Gasteiger charge is -2.04. The standard InChI is InChI=1S/C11H12ClN3OS/c1-16-10-5-4-9(12)7-8(10)3-2-6-14-15-11(13)17/h2-7H,1H3,(H3,13,15,17)/b3-2+,14-6-. The van der Waals surface area contributed by atoms with E-state index in [1.165, 1.54) is 6.21 Å². The third kappa shape index (κ3) is 4.84. The van der Waals surface area contributed by atoms with Gasteiger partial charge in [0.15, 0.2) is 5.11 Å². The lowest BCUT2D eigenvalue weighted by Crippen LogP contribution is -2.23. The highest BCUT2D eigenvalue weighted by Gasteiger charge is 1.99. The van der Waals surface area contributed by atoms with Crippen LogP contribution in [-0.4, -0.2) is 18.4 Å². The second-order valence-corrected chi connectivity index (χ2v) is 3.88. The highest BCUT2D eigenvalue weighted by atomic mass is 35.5. The van der Waals surface area contributed by atoms with Crippen LogP contribution in [-0.2, 0) is 0 Å². The minimum atomic E-state index is 0.120. The van der Waals surface area contributed by atoms with Crippen molar-refractivity contribution in [2.75, 3.05) is 7.11 Å². The number of nitrogens with zero attached hydrogens (tertiary/aromatic N) is 1. The summed E-state index contributed by atoms with van der Waals surface area (Å²) >= 11 is 10.5. The molecule has 0 aliphatic rings. The Balaban J connectivity index is 2.73. The van der Waals surface area contributed by atoms with E-state index in [1.807, 2.05) is 6.08 Å². The molecule has 4 nitrogen and oxygen atoms in total. The van der Waals surface area contributed by atoms with Gasteiger partial charge in [0.1, 0.15) is 5.75 Å². The van der Waals surface area contributed by atoms with Crippen LogP contribution in [0.25, 0.3) is 6.08 Å². The van der Waals surface area contributed by atoms with Crippen molar-refractivity contribution in [3.05, 3.63) is 34.9 Å². The molecule has 0 aliphatic heterocycles. The number of nitrogens with one attached hydrogen (secondary N) is 1. The molecule has 0 spiro atoms. The van der Waals surface area contributed by atoms with Crippen molar-refractivity contribution in [1.29, 1.82) is 0 Å². The number of nitrogens with two attached hydrogens (primary N) is 1. The Kier molecular flexibility index (Phi) is 5.45. The molecule has 1 aromatic rings. The number of benzene rings is 1. The first-order valence-electron chi connectivity index (χ1n) is 4.72. The van der Waals surface area contributed by atoms with Gasteiger partial charge in [-0.3, -0.25) is 5.43 Å². The highest BCUT2D eigenvalue weighted by molar-refractivity contribution is 7.80. The Morgan fingerprint density at radius 3 is 3.00 bits per heavy atom. The fourth-order valence-corrected chi connectivity index (χ4v) is 1.36. The molecule has 1 rings (SSSR count). The van der Waals surface area contributed by atoms with Gasteiger partial charge in [-0.05, 0) is 42.6 Å². The number of methoxy groups -OCH3 is 1. The first kappa shape index (κ1) is 13.5. The summed E-state index contributed by atoms with van der Waals surface area (Å²) in [5, 5.41) is 4.52. The molecule has 0 atom stereocenters. The fourth-order valence-electron chi connectivity index (χ4n) is 1.13. The molecular formula is C11H12ClN3OS. The van der Waals surface area contributed by atoms with Gasteiger partial charge in [-0.1, -0.05) is 11.6 Å². The molecule has 0 aliphatic carbocycles. The van der Waals surface area contributed by atoms with Crippen molar-refractivity contribution in [3.8, 4) is 5.75 Å². The number of thiocarbonyl (C=S) groups is 1. The van der Waals surface area contributed by atoms with E-state index < -0.39 is 0 Å². The van der Waals surface area contributed by atoms with E-state index in [9.17, 15) is 0 Å². The molecule has 0 radical (unpaired) electrons. The summed E-state index contributed by atoms with van der Waals surface area (Å²) in [6.45, 7) is 0. The molecule has 90 valence electrons. The summed E-state index contributed by atoms with van der Waals surface area (Å²) in [7, 11) is 1.60. The Hall–Kier alpha value is -1.59. The van der Waals surface area contributed by atoms with E-state index in [0.717, 1.165) is 11.3 Å². The summed E-state index contributed by atoms with van der Waals surface area (Å²) in [6.07, 6.45) is 5.06. The van der Waals surface area contributed by atoms with Gasteiger partial charge in [-0.15, -0.1) is 0 Å². The van der Waals surface area contributed by atoms with Crippen molar-refractivity contribution in [2.45, 2.75) is 0 Å². The summed E-state index contributed by atoms with van der Waals surface area (Å²) < 4.78 is 5.18. The van der Waals surface area contributed by atoms with Gasteiger partial charge >= 0.3 is 0 Å². The highest BCUT2D eigenvalue weighted by Crippen LogP contribution is 2.23. The van der Waals surface area contributed by atoms with Crippen LogP contribution in [0.4, 0.5) is 0 Å². The Morgan fingerprint density at radius 1 is 1.59 bits per heavy atom. The maximum absolute atomic E-state index is 5.89. The predicted octanol–water partition coefficient (Wildman–Crippen LogP) is 2.18. The second kappa shape index (κ2) is 6.88. The van der Waals surface area contributed by atoms with Crippen molar-refractivity contribution in [3.63, 3.8) is 0 Å². The first-order chi connectivity index (χ1) is 8.13.